The number of carbonyl (C=O) groups excluding carboxylic acids is 2. The molecule has 3 rings (SSSR count). The second kappa shape index (κ2) is 7.21. The number of amides is 2. The first-order valence-corrected chi connectivity index (χ1v) is 9.59. The van der Waals surface area contributed by atoms with Gasteiger partial charge in [0.1, 0.15) is 10.9 Å². The number of sulfonamides is 1. The van der Waals surface area contributed by atoms with E-state index in [1.54, 1.807) is 0 Å². The largest absolute Gasteiger partial charge is 0.379 e. The van der Waals surface area contributed by atoms with Gasteiger partial charge in [0.15, 0.2) is 0 Å². The van der Waals surface area contributed by atoms with Crippen LogP contribution in [0.2, 0.25) is 0 Å². The molecule has 0 radical (unpaired) electrons. The maximum Gasteiger partial charge on any atom is 0.270 e. The Morgan fingerprint density at radius 2 is 1.93 bits per heavy atom. The average Bonchev–Trinajstić information content (AvgIpc) is 2.89. The SMILES string of the molecule is CN1C(=O)C[C@@H](Nc2ccc([N+](=O)[O-])cc2S(=O)(=O)N2CCOCC2)C1=O. The predicted molar refractivity (Wildman–Crippen MR) is 92.5 cm³/mol. The van der Waals surface area contributed by atoms with Crippen molar-refractivity contribution in [2.75, 3.05) is 38.7 Å². The van der Waals surface area contributed by atoms with Gasteiger partial charge in [-0.1, -0.05) is 0 Å². The Bertz CT molecular complexity index is 895. The summed E-state index contributed by atoms with van der Waals surface area (Å²) in [7, 11) is -2.72. The number of nitro benzene ring substituents is 1. The minimum atomic E-state index is -4.06. The maximum absolute atomic E-state index is 13.0. The molecule has 0 saturated carbocycles. The van der Waals surface area contributed by atoms with E-state index in [-0.39, 0.29) is 43.3 Å². The quantitative estimate of drug-likeness (QED) is 0.408. The fourth-order valence-corrected chi connectivity index (χ4v) is 4.52. The highest BCUT2D eigenvalue weighted by atomic mass is 32.2. The van der Waals surface area contributed by atoms with E-state index in [2.05, 4.69) is 5.32 Å². The average molecular weight is 398 g/mol. The first-order valence-electron chi connectivity index (χ1n) is 8.15. The number of anilines is 1. The summed E-state index contributed by atoms with van der Waals surface area (Å²) in [5.41, 5.74) is -0.355. The van der Waals surface area contributed by atoms with Crippen molar-refractivity contribution in [2.24, 2.45) is 0 Å². The van der Waals surface area contributed by atoms with E-state index in [0.29, 0.717) is 0 Å². The van der Waals surface area contributed by atoms with Crippen LogP contribution < -0.4 is 5.32 Å². The van der Waals surface area contributed by atoms with E-state index in [0.717, 1.165) is 17.0 Å². The molecule has 0 spiro atoms. The van der Waals surface area contributed by atoms with Crippen molar-refractivity contribution in [3.05, 3.63) is 28.3 Å². The Labute approximate surface area is 155 Å². The molecule has 2 heterocycles. The molecule has 1 N–H and O–H groups in total. The van der Waals surface area contributed by atoms with Gasteiger partial charge < -0.3 is 10.1 Å². The zero-order chi connectivity index (χ0) is 19.8. The fraction of sp³-hybridized carbons (Fsp3) is 0.467. The van der Waals surface area contributed by atoms with E-state index in [1.807, 2.05) is 0 Å². The number of likely N-dealkylation sites (tertiary alicyclic amines) is 1. The number of morpholine rings is 1. The summed E-state index contributed by atoms with van der Waals surface area (Å²) >= 11 is 0. The minimum Gasteiger partial charge on any atom is -0.379 e. The number of ether oxygens (including phenoxy) is 1. The van der Waals surface area contributed by atoms with Crippen LogP contribution in [0, 0.1) is 10.1 Å². The molecule has 27 heavy (non-hydrogen) atoms. The van der Waals surface area contributed by atoms with Gasteiger partial charge in [0, 0.05) is 32.3 Å². The molecule has 0 aliphatic carbocycles. The number of carbonyl (C=O) groups is 2. The number of rotatable bonds is 5. The monoisotopic (exact) mass is 398 g/mol. The maximum atomic E-state index is 13.0. The van der Waals surface area contributed by atoms with Crippen LogP contribution in [0.3, 0.4) is 0 Å². The molecule has 12 heteroatoms. The first kappa shape index (κ1) is 19.2. The van der Waals surface area contributed by atoms with Gasteiger partial charge in [-0.25, -0.2) is 8.42 Å². The normalized spacial score (nSPS) is 21.5. The highest BCUT2D eigenvalue weighted by Gasteiger charge is 2.38. The third-order valence-electron chi connectivity index (χ3n) is 4.48. The number of nitro groups is 1. The molecule has 0 aromatic heterocycles. The van der Waals surface area contributed by atoms with Crippen molar-refractivity contribution < 1.29 is 27.7 Å². The number of hydrogen-bond acceptors (Lipinski definition) is 8. The van der Waals surface area contributed by atoms with E-state index in [1.165, 1.54) is 17.4 Å². The summed E-state index contributed by atoms with van der Waals surface area (Å²) in [5, 5.41) is 13.9. The molecule has 0 bridgehead atoms. The molecule has 11 nitrogen and oxygen atoms in total. The van der Waals surface area contributed by atoms with Crippen LogP contribution in [0.15, 0.2) is 23.1 Å². The molecule has 0 unspecified atom stereocenters. The van der Waals surface area contributed by atoms with Crippen LogP contribution in [0.1, 0.15) is 6.42 Å². The number of likely N-dealkylation sites (N-methyl/N-ethyl adjacent to an activating group) is 1. The van der Waals surface area contributed by atoms with Crippen LogP contribution in [0.5, 0.6) is 0 Å². The Kier molecular flexibility index (Phi) is 5.13. The lowest BCUT2D eigenvalue weighted by atomic mass is 10.2. The van der Waals surface area contributed by atoms with Gasteiger partial charge in [-0.2, -0.15) is 4.31 Å². The minimum absolute atomic E-state index is 0.0357. The molecule has 2 saturated heterocycles. The van der Waals surface area contributed by atoms with Crippen LogP contribution in [-0.4, -0.2) is 73.8 Å². The lowest BCUT2D eigenvalue weighted by Crippen LogP contribution is -2.41. The molecule has 1 aromatic rings. The highest BCUT2D eigenvalue weighted by molar-refractivity contribution is 7.89. The highest BCUT2D eigenvalue weighted by Crippen LogP contribution is 2.31. The standard InChI is InChI=1S/C15H18N4O7S/c1-17-14(20)9-12(15(17)21)16-11-3-2-10(19(22)23)8-13(11)27(24,25)18-4-6-26-7-5-18/h2-3,8,12,16H,4-7,9H2,1H3/t12-/m1/s1. The zero-order valence-corrected chi connectivity index (χ0v) is 15.3. The summed E-state index contributed by atoms with van der Waals surface area (Å²) in [6.07, 6.45) is -0.122. The predicted octanol–water partition coefficient (Wildman–Crippen LogP) is -0.215. The Morgan fingerprint density at radius 3 is 2.48 bits per heavy atom. The molecule has 2 aliphatic heterocycles. The van der Waals surface area contributed by atoms with E-state index in [4.69, 9.17) is 4.74 Å². The summed E-state index contributed by atoms with van der Waals surface area (Å²) < 4.78 is 32.4. The van der Waals surface area contributed by atoms with Gasteiger partial charge >= 0.3 is 0 Å². The second-order valence-electron chi connectivity index (χ2n) is 6.15. The van der Waals surface area contributed by atoms with Crippen molar-refractivity contribution in [3.63, 3.8) is 0 Å². The third kappa shape index (κ3) is 3.63. The number of imide groups is 1. The van der Waals surface area contributed by atoms with Gasteiger partial charge in [0.25, 0.3) is 11.6 Å². The molecule has 2 aliphatic rings. The Hall–Kier alpha value is -2.57. The number of non-ortho nitro benzene ring substituents is 1. The van der Waals surface area contributed by atoms with Gasteiger partial charge in [0.05, 0.1) is 30.2 Å². The first-order chi connectivity index (χ1) is 12.7. The Morgan fingerprint density at radius 1 is 1.26 bits per heavy atom. The van der Waals surface area contributed by atoms with Gasteiger partial charge in [-0.05, 0) is 6.07 Å². The van der Waals surface area contributed by atoms with E-state index < -0.39 is 38.5 Å². The number of benzene rings is 1. The van der Waals surface area contributed by atoms with Crippen molar-refractivity contribution in [1.29, 1.82) is 0 Å². The fourth-order valence-electron chi connectivity index (χ4n) is 2.94. The molecule has 2 fully saturated rings. The zero-order valence-electron chi connectivity index (χ0n) is 14.5. The molecule has 1 atom stereocenters. The molecule has 146 valence electrons. The van der Waals surface area contributed by atoms with Gasteiger partial charge in [-0.15, -0.1) is 0 Å². The van der Waals surface area contributed by atoms with Gasteiger partial charge in [-0.3, -0.25) is 24.6 Å². The van der Waals surface area contributed by atoms with Crippen molar-refractivity contribution in [2.45, 2.75) is 17.4 Å². The summed E-state index contributed by atoms with van der Waals surface area (Å²) in [5.74, 6) is -0.884. The van der Waals surface area contributed by atoms with E-state index in [9.17, 15) is 28.1 Å². The van der Waals surface area contributed by atoms with Gasteiger partial charge in [0.2, 0.25) is 15.9 Å². The molecular formula is C15H18N4O7S. The van der Waals surface area contributed by atoms with Crippen LogP contribution in [0.4, 0.5) is 11.4 Å². The van der Waals surface area contributed by atoms with Crippen molar-refractivity contribution in [1.82, 2.24) is 9.21 Å². The lowest BCUT2D eigenvalue weighted by molar-refractivity contribution is -0.385. The molecular weight excluding hydrogens is 380 g/mol. The van der Waals surface area contributed by atoms with Crippen molar-refractivity contribution >= 4 is 33.2 Å². The summed E-state index contributed by atoms with van der Waals surface area (Å²) in [6.45, 7) is 0.677. The molecule has 1 aromatic carbocycles. The number of nitrogens with zero attached hydrogens (tertiary/aromatic N) is 3. The lowest BCUT2D eigenvalue weighted by Gasteiger charge is -2.27. The number of nitrogens with one attached hydrogen (secondary N) is 1. The van der Waals surface area contributed by atoms with Crippen LogP contribution in [0.25, 0.3) is 0 Å². The third-order valence-corrected chi connectivity index (χ3v) is 6.41. The topological polar surface area (TPSA) is 139 Å². The van der Waals surface area contributed by atoms with Crippen LogP contribution >= 0.6 is 0 Å². The summed E-state index contributed by atoms with van der Waals surface area (Å²) in [4.78, 5) is 34.9. The van der Waals surface area contributed by atoms with E-state index >= 15 is 0 Å². The summed E-state index contributed by atoms with van der Waals surface area (Å²) in [6, 6.07) is 2.41. The van der Waals surface area contributed by atoms with Crippen molar-refractivity contribution in [3.8, 4) is 0 Å². The Balaban J connectivity index is 2.00. The number of hydrogen-bond donors (Lipinski definition) is 1. The van der Waals surface area contributed by atoms with Crippen LogP contribution in [-0.2, 0) is 24.3 Å². The second-order valence-corrected chi connectivity index (χ2v) is 8.05. The molecule has 2 amide bonds. The smallest absolute Gasteiger partial charge is 0.270 e.